The summed E-state index contributed by atoms with van der Waals surface area (Å²) >= 11 is 5.93. The largest absolute Gasteiger partial charge is 0.417 e. The van der Waals surface area contributed by atoms with Crippen LogP contribution in [0.5, 0.6) is 0 Å². The molecule has 0 radical (unpaired) electrons. The van der Waals surface area contributed by atoms with Gasteiger partial charge in [-0.2, -0.15) is 18.3 Å². The molecule has 2 N–H and O–H groups in total. The van der Waals surface area contributed by atoms with Crippen LogP contribution in [-0.4, -0.2) is 52.2 Å². The van der Waals surface area contributed by atoms with Crippen molar-refractivity contribution in [2.24, 2.45) is 0 Å². The van der Waals surface area contributed by atoms with Crippen molar-refractivity contribution < 1.29 is 18.0 Å². The lowest BCUT2D eigenvalue weighted by Crippen LogP contribution is -2.49. The average Bonchev–Trinajstić information content (AvgIpc) is 3.19. The fourth-order valence-corrected chi connectivity index (χ4v) is 3.96. The number of halogens is 4. The van der Waals surface area contributed by atoms with Crippen LogP contribution >= 0.6 is 11.6 Å². The van der Waals surface area contributed by atoms with E-state index in [4.69, 9.17) is 16.6 Å². The number of rotatable bonds is 4. The van der Waals surface area contributed by atoms with Gasteiger partial charge in [-0.1, -0.05) is 23.7 Å². The van der Waals surface area contributed by atoms with Gasteiger partial charge in [0.15, 0.2) is 5.82 Å². The molecule has 0 aliphatic carbocycles. The molecule has 3 aromatic rings. The number of aromatic amines is 1. The van der Waals surface area contributed by atoms with Crippen molar-refractivity contribution in [1.82, 2.24) is 20.1 Å². The van der Waals surface area contributed by atoms with Gasteiger partial charge >= 0.3 is 6.18 Å². The number of H-pyrrole nitrogens is 1. The van der Waals surface area contributed by atoms with Crippen LogP contribution in [0.2, 0.25) is 5.02 Å². The first-order chi connectivity index (χ1) is 15.6. The summed E-state index contributed by atoms with van der Waals surface area (Å²) in [7, 11) is 0. The van der Waals surface area contributed by atoms with Gasteiger partial charge in [0, 0.05) is 37.9 Å². The highest BCUT2D eigenvalue weighted by atomic mass is 35.5. The number of nitrogens with zero attached hydrogens (tertiary/aromatic N) is 4. The topological polar surface area (TPSA) is 77.2 Å². The van der Waals surface area contributed by atoms with Gasteiger partial charge < -0.3 is 15.1 Å². The molecule has 33 heavy (non-hydrogen) atoms. The first-order valence-electron chi connectivity index (χ1n) is 10.3. The van der Waals surface area contributed by atoms with E-state index in [1.54, 1.807) is 0 Å². The van der Waals surface area contributed by atoms with E-state index in [1.165, 1.54) is 17.0 Å². The molecule has 1 aliphatic rings. The summed E-state index contributed by atoms with van der Waals surface area (Å²) < 4.78 is 39.4. The van der Waals surface area contributed by atoms with E-state index < -0.39 is 22.7 Å². The lowest BCUT2D eigenvalue weighted by Gasteiger charge is -2.36. The number of benzene rings is 1. The number of anilines is 3. The number of aryl methyl sites for hydroxylation is 2. The average molecular weight is 479 g/mol. The molecule has 1 amide bonds. The van der Waals surface area contributed by atoms with Crippen LogP contribution in [0.15, 0.2) is 36.4 Å². The predicted octanol–water partition coefficient (Wildman–Crippen LogP) is 4.80. The standard InChI is InChI=1S/C22H22ClF3N6O/c1-13-6-7-18(28-20(13)27-17-12-14(2)29-30-17)31-8-10-32(11-9-31)21(33)15-4-3-5-16(19(15)23)22(24,25)26/h3-7,12H,8-11H2,1-2H3,(H2,27,28,29,30). The molecule has 4 rings (SSSR count). The third-order valence-corrected chi connectivity index (χ3v) is 5.87. The molecule has 0 bridgehead atoms. The Hall–Kier alpha value is -3.27. The van der Waals surface area contributed by atoms with Gasteiger partial charge in [-0.05, 0) is 37.6 Å². The summed E-state index contributed by atoms with van der Waals surface area (Å²) in [6.07, 6.45) is -4.62. The third-order valence-electron chi connectivity index (χ3n) is 5.46. The Bertz CT molecular complexity index is 1170. The molecule has 1 saturated heterocycles. The van der Waals surface area contributed by atoms with Crippen LogP contribution in [0.3, 0.4) is 0 Å². The lowest BCUT2D eigenvalue weighted by atomic mass is 10.1. The highest BCUT2D eigenvalue weighted by Crippen LogP contribution is 2.36. The maximum absolute atomic E-state index is 13.1. The zero-order chi connectivity index (χ0) is 23.8. The molecule has 11 heteroatoms. The normalized spacial score (nSPS) is 14.5. The highest BCUT2D eigenvalue weighted by Gasteiger charge is 2.35. The Morgan fingerprint density at radius 2 is 1.85 bits per heavy atom. The second-order valence-corrected chi connectivity index (χ2v) is 8.22. The van der Waals surface area contributed by atoms with Gasteiger partial charge in [-0.15, -0.1) is 0 Å². The van der Waals surface area contributed by atoms with Gasteiger partial charge in [0.25, 0.3) is 5.91 Å². The lowest BCUT2D eigenvalue weighted by molar-refractivity contribution is -0.137. The van der Waals surface area contributed by atoms with Crippen LogP contribution in [0, 0.1) is 13.8 Å². The smallest absolute Gasteiger partial charge is 0.353 e. The van der Waals surface area contributed by atoms with Crippen molar-refractivity contribution >= 4 is 35.0 Å². The van der Waals surface area contributed by atoms with Gasteiger partial charge in [0.05, 0.1) is 16.1 Å². The first kappa shape index (κ1) is 22.9. The number of aromatic nitrogens is 3. The van der Waals surface area contributed by atoms with Crippen molar-refractivity contribution in [2.45, 2.75) is 20.0 Å². The van der Waals surface area contributed by atoms with Crippen molar-refractivity contribution in [2.75, 3.05) is 36.4 Å². The zero-order valence-corrected chi connectivity index (χ0v) is 18.8. The molecule has 2 aromatic heterocycles. The Balaban J connectivity index is 1.45. The Morgan fingerprint density at radius 3 is 2.48 bits per heavy atom. The van der Waals surface area contributed by atoms with Crippen molar-refractivity contribution in [3.8, 4) is 0 Å². The van der Waals surface area contributed by atoms with Crippen LogP contribution in [0.1, 0.15) is 27.2 Å². The molecule has 1 aliphatic heterocycles. The van der Waals surface area contributed by atoms with E-state index in [1.807, 2.05) is 36.9 Å². The van der Waals surface area contributed by atoms with E-state index in [9.17, 15) is 18.0 Å². The molecule has 7 nitrogen and oxygen atoms in total. The van der Waals surface area contributed by atoms with Crippen LogP contribution in [0.25, 0.3) is 0 Å². The molecule has 0 saturated carbocycles. The summed E-state index contributed by atoms with van der Waals surface area (Å²) in [5.41, 5.74) is 0.721. The molecule has 0 atom stereocenters. The molecule has 1 aromatic carbocycles. The number of amides is 1. The number of nitrogens with one attached hydrogen (secondary N) is 2. The Labute approximate surface area is 193 Å². The quantitative estimate of drug-likeness (QED) is 0.563. The Morgan fingerprint density at radius 1 is 1.12 bits per heavy atom. The number of carbonyl (C=O) groups is 1. The SMILES string of the molecule is Cc1cc(Nc2nc(N3CCN(C(=O)c4cccc(C(F)(F)F)c4Cl)CC3)ccc2C)n[nH]1. The third kappa shape index (κ3) is 4.90. The van der Waals surface area contributed by atoms with Gasteiger partial charge in [-0.3, -0.25) is 9.89 Å². The summed E-state index contributed by atoms with van der Waals surface area (Å²) in [5.74, 6) is 1.56. The van der Waals surface area contributed by atoms with E-state index in [0.29, 0.717) is 37.8 Å². The van der Waals surface area contributed by atoms with Crippen LogP contribution in [0.4, 0.5) is 30.6 Å². The van der Waals surface area contributed by atoms with E-state index in [0.717, 1.165) is 23.1 Å². The number of piperazine rings is 1. The van der Waals surface area contributed by atoms with E-state index >= 15 is 0 Å². The molecular weight excluding hydrogens is 457 g/mol. The minimum atomic E-state index is -4.62. The predicted molar refractivity (Wildman–Crippen MR) is 120 cm³/mol. The van der Waals surface area contributed by atoms with Crippen molar-refractivity contribution in [3.05, 3.63) is 63.8 Å². The monoisotopic (exact) mass is 478 g/mol. The molecule has 3 heterocycles. The highest BCUT2D eigenvalue weighted by molar-refractivity contribution is 6.34. The minimum Gasteiger partial charge on any atom is -0.353 e. The molecule has 1 fully saturated rings. The van der Waals surface area contributed by atoms with E-state index in [-0.39, 0.29) is 5.56 Å². The second kappa shape index (κ2) is 8.93. The molecule has 0 spiro atoms. The fraction of sp³-hybridized carbons (Fsp3) is 0.318. The van der Waals surface area contributed by atoms with Crippen LogP contribution < -0.4 is 10.2 Å². The summed E-state index contributed by atoms with van der Waals surface area (Å²) in [4.78, 5) is 21.1. The summed E-state index contributed by atoms with van der Waals surface area (Å²) in [5, 5.41) is 9.66. The number of alkyl halides is 3. The van der Waals surface area contributed by atoms with Crippen LogP contribution in [-0.2, 0) is 6.18 Å². The number of hydrogen-bond donors (Lipinski definition) is 2. The van der Waals surface area contributed by atoms with Gasteiger partial charge in [-0.25, -0.2) is 4.98 Å². The summed E-state index contributed by atoms with van der Waals surface area (Å²) in [6, 6.07) is 9.11. The van der Waals surface area contributed by atoms with Crippen molar-refractivity contribution in [1.29, 1.82) is 0 Å². The molecular formula is C22H22ClF3N6O. The maximum Gasteiger partial charge on any atom is 0.417 e. The van der Waals surface area contributed by atoms with Gasteiger partial charge in [0.1, 0.15) is 11.6 Å². The van der Waals surface area contributed by atoms with Crippen molar-refractivity contribution in [3.63, 3.8) is 0 Å². The minimum absolute atomic E-state index is 0.144. The Kier molecular flexibility index (Phi) is 6.20. The second-order valence-electron chi connectivity index (χ2n) is 7.84. The number of pyridine rings is 1. The molecule has 0 unspecified atom stereocenters. The van der Waals surface area contributed by atoms with Gasteiger partial charge in [0.2, 0.25) is 0 Å². The first-order valence-corrected chi connectivity index (χ1v) is 10.7. The molecule has 174 valence electrons. The summed E-state index contributed by atoms with van der Waals surface area (Å²) in [6.45, 7) is 5.49. The fourth-order valence-electron chi connectivity index (χ4n) is 3.65. The number of carbonyl (C=O) groups excluding carboxylic acids is 1. The maximum atomic E-state index is 13.1. The van der Waals surface area contributed by atoms with E-state index in [2.05, 4.69) is 15.5 Å². The zero-order valence-electron chi connectivity index (χ0n) is 18.0. The number of hydrogen-bond acceptors (Lipinski definition) is 5.